The molecule has 0 heterocycles. The molecule has 0 bridgehead atoms. The number of carbonyl (C=O) groups excluding carboxylic acids is 4. The van der Waals surface area contributed by atoms with Crippen molar-refractivity contribution in [3.63, 3.8) is 0 Å². The van der Waals surface area contributed by atoms with Crippen molar-refractivity contribution >= 4 is 91.6 Å². The maximum Gasteiger partial charge on any atom is 0 e. The van der Waals surface area contributed by atoms with E-state index in [4.69, 9.17) is 4.79 Å². The summed E-state index contributed by atoms with van der Waals surface area (Å²) in [5, 5.41) is 0. The monoisotopic (exact) mass is 689 g/mol. The molecule has 0 saturated heterocycles. The van der Waals surface area contributed by atoms with E-state index in [2.05, 4.69) is 38.5 Å². The van der Waals surface area contributed by atoms with E-state index in [0.29, 0.717) is 0 Å². The zero-order chi connectivity index (χ0) is 17.7. The third-order valence-corrected chi connectivity index (χ3v) is 4.54. The van der Waals surface area contributed by atoms with Gasteiger partial charge in [0, 0.05) is 17.1 Å². The first-order chi connectivity index (χ1) is 9.72. The number of hydrogen-bond acceptors (Lipinski definition) is 4. The van der Waals surface area contributed by atoms with Gasteiger partial charge in [-0.25, -0.2) is 4.79 Å². The van der Waals surface area contributed by atoms with E-state index in [1.165, 1.54) is 35.8 Å². The van der Waals surface area contributed by atoms with E-state index >= 15 is 0 Å². The van der Waals surface area contributed by atoms with Gasteiger partial charge in [-0.3, -0.25) is 0 Å². The molecule has 0 aromatic rings. The number of hydrogen-bond donors (Lipinski definition) is 0. The maximum absolute atomic E-state index is 9.73. The minimum atomic E-state index is -2.40. The van der Waals surface area contributed by atoms with Crippen LogP contribution in [0.2, 0.25) is 29.6 Å². The van der Waals surface area contributed by atoms with Gasteiger partial charge in [-0.15, -0.1) is 0 Å². The van der Waals surface area contributed by atoms with Crippen LogP contribution in [0.3, 0.4) is 0 Å². The summed E-state index contributed by atoms with van der Waals surface area (Å²) in [6, 6.07) is 0. The molecule has 0 N–H and O–H groups in total. The second kappa shape index (κ2) is 33.7. The van der Waals surface area contributed by atoms with Gasteiger partial charge in [-0.1, -0.05) is 0 Å². The van der Waals surface area contributed by atoms with E-state index in [1.54, 1.807) is 0 Å². The molecule has 0 amide bonds. The SMILES string of the molecule is O=C=P.O=C=[CH][Sn]([CH]=C=O)[CH]=C=O.[CH3][Sn]([CH3])[CH3].[CH3][Sn]([CH3])[CH3].[Fe]. The summed E-state index contributed by atoms with van der Waals surface area (Å²) in [6.45, 7) is 0. The van der Waals surface area contributed by atoms with Gasteiger partial charge in [0.2, 0.25) is 0 Å². The summed E-state index contributed by atoms with van der Waals surface area (Å²) < 4.78 is 3.66. The molecule has 4 nitrogen and oxygen atoms in total. The molecule has 0 fully saturated rings. The fraction of sp³-hybridized carbons (Fsp3) is 0.462. The Morgan fingerprint density at radius 1 is 0.682 bits per heavy atom. The van der Waals surface area contributed by atoms with Crippen LogP contribution in [0, 0.1) is 0 Å². The van der Waals surface area contributed by atoms with Gasteiger partial charge in [0.15, 0.2) is 0 Å². The summed E-state index contributed by atoms with van der Waals surface area (Å²) in [7, 11) is 2.38. The van der Waals surface area contributed by atoms with Crippen LogP contribution in [0.5, 0.6) is 0 Å². The van der Waals surface area contributed by atoms with Crippen LogP contribution < -0.4 is 0 Å². The fourth-order valence-electron chi connectivity index (χ4n) is 0.329. The summed E-state index contributed by atoms with van der Waals surface area (Å²) in [4.78, 5) is 52.0. The van der Waals surface area contributed by atoms with Crippen LogP contribution in [0.25, 0.3) is 0 Å². The molecule has 0 aliphatic carbocycles. The summed E-state index contributed by atoms with van der Waals surface area (Å²) in [6.07, 6.45) is 0. The average molecular weight is 685 g/mol. The summed E-state index contributed by atoms with van der Waals surface area (Å²) in [5.41, 5.74) is 1.31. The van der Waals surface area contributed by atoms with E-state index in [9.17, 15) is 14.4 Å². The van der Waals surface area contributed by atoms with Gasteiger partial charge in [-0.2, -0.15) is 0 Å². The van der Waals surface area contributed by atoms with Crippen molar-refractivity contribution in [2.75, 3.05) is 0 Å². The number of rotatable bonds is 3. The molecular weight excluding hydrogens is 663 g/mol. The molecule has 0 aliphatic rings. The topological polar surface area (TPSA) is 68.3 Å². The van der Waals surface area contributed by atoms with Crippen molar-refractivity contribution < 1.29 is 36.2 Å². The Morgan fingerprint density at radius 3 is 0.909 bits per heavy atom. The van der Waals surface area contributed by atoms with Gasteiger partial charge in [0.25, 0.3) is 0 Å². The van der Waals surface area contributed by atoms with Crippen molar-refractivity contribution in [3.05, 3.63) is 12.3 Å². The first-order valence-electron chi connectivity index (χ1n) is 5.80. The minimum Gasteiger partial charge on any atom is 0 e. The van der Waals surface area contributed by atoms with Gasteiger partial charge in [-0.05, 0) is 8.86 Å². The zero-order valence-electron chi connectivity index (χ0n) is 13.7. The molecule has 3 radical (unpaired) electrons. The molecule has 0 aromatic heterocycles. The molecule has 0 saturated carbocycles. The summed E-state index contributed by atoms with van der Waals surface area (Å²) >= 11 is -3.49. The molecule has 0 atom stereocenters. The Hall–Kier alpha value is 1.15. The smallest absolute Gasteiger partial charge is 0 e. The van der Waals surface area contributed by atoms with Gasteiger partial charge in [0.05, 0.1) is 0 Å². The van der Waals surface area contributed by atoms with Gasteiger partial charge < -0.3 is 0 Å². The molecule has 0 aliphatic heterocycles. The molecule has 0 aromatic carbocycles. The van der Waals surface area contributed by atoms with E-state index in [0.717, 1.165) is 0 Å². The van der Waals surface area contributed by atoms with Crippen molar-refractivity contribution in [3.8, 4) is 0 Å². The molecule has 9 heteroatoms. The van der Waals surface area contributed by atoms with E-state index in [1.807, 2.05) is 0 Å². The first kappa shape index (κ1) is 34.5. The Balaban J connectivity index is -0.0000000674. The third kappa shape index (κ3) is 83.4. The predicted molar refractivity (Wildman–Crippen MR) is 97.2 cm³/mol. The van der Waals surface area contributed by atoms with E-state index in [-0.39, 0.29) is 17.1 Å². The molecule has 123 valence electrons. The van der Waals surface area contributed by atoms with Crippen molar-refractivity contribution in [1.82, 2.24) is 0 Å². The van der Waals surface area contributed by atoms with Gasteiger partial charge >= 0.3 is 133 Å². The Labute approximate surface area is 167 Å². The Bertz CT molecular complexity index is 351. The second-order valence-corrected chi connectivity index (χ2v) is 27.0. The normalized spacial score (nSPS) is 6.77. The molecule has 0 unspecified atom stereocenters. The Morgan fingerprint density at radius 2 is 0.818 bits per heavy atom. The Kier molecular flexibility index (Phi) is 52.8. The van der Waals surface area contributed by atoms with Crippen LogP contribution in [-0.2, 0) is 36.2 Å². The first-order valence-corrected chi connectivity index (χ1v) is 28.4. The third-order valence-electron chi connectivity index (χ3n) is 0.677. The van der Waals surface area contributed by atoms with Crippen LogP contribution in [0.15, 0.2) is 12.3 Å². The maximum atomic E-state index is 9.73. The largest absolute Gasteiger partial charge is 0 e. The van der Waals surface area contributed by atoms with Crippen LogP contribution >= 0.6 is 8.86 Å². The van der Waals surface area contributed by atoms with Crippen LogP contribution in [0.4, 0.5) is 0 Å². The fourth-order valence-corrected chi connectivity index (χ4v) is 2.21. The average Bonchev–Trinajstić information content (AvgIpc) is 2.29. The predicted octanol–water partition coefficient (Wildman–Crippen LogP) is 2.20. The van der Waals surface area contributed by atoms with Crippen molar-refractivity contribution in [1.29, 1.82) is 0 Å². The summed E-state index contributed by atoms with van der Waals surface area (Å²) in [5.74, 6) is 4.59. The molecule has 0 spiro atoms. The standard InChI is InChI=1S/3C2HO.CHOP.6CH3.Fe.3Sn/c3*1-2-3;2-1-3;;;;;;;;;;/h3*1H;3H;6*1H3;;;;. The second-order valence-electron chi connectivity index (χ2n) is 4.39. The minimum absolute atomic E-state index is 0. The van der Waals surface area contributed by atoms with Crippen molar-refractivity contribution in [2.24, 2.45) is 0 Å². The van der Waals surface area contributed by atoms with Crippen LogP contribution in [-0.4, -0.2) is 82.8 Å². The molecule has 22 heavy (non-hydrogen) atoms. The quantitative estimate of drug-likeness (QED) is 0.260. The van der Waals surface area contributed by atoms with Crippen molar-refractivity contribution in [2.45, 2.75) is 29.6 Å². The molecular formula is C13H22FeO4PSn3. The van der Waals surface area contributed by atoms with E-state index < -0.39 is 59.3 Å². The van der Waals surface area contributed by atoms with Crippen LogP contribution in [0.1, 0.15) is 0 Å². The molecule has 0 rings (SSSR count). The zero-order valence-corrected chi connectivity index (χ0v) is 24.4. The van der Waals surface area contributed by atoms with Gasteiger partial charge in [0.1, 0.15) is 5.66 Å².